The molecule has 3 nitrogen and oxygen atoms in total. The van der Waals surface area contributed by atoms with E-state index in [2.05, 4.69) is 16.8 Å². The zero-order chi connectivity index (χ0) is 13.0. The lowest BCUT2D eigenvalue weighted by Crippen LogP contribution is -2.30. The lowest BCUT2D eigenvalue weighted by molar-refractivity contribution is -0.122. The SMILES string of the molecule is CC(N)CCCC(=O)NC1CCCc2sccc21. The van der Waals surface area contributed by atoms with Crippen LogP contribution in [0.3, 0.4) is 0 Å². The van der Waals surface area contributed by atoms with Gasteiger partial charge in [-0.1, -0.05) is 0 Å². The Morgan fingerprint density at radius 2 is 2.50 bits per heavy atom. The summed E-state index contributed by atoms with van der Waals surface area (Å²) in [7, 11) is 0. The lowest BCUT2D eigenvalue weighted by atomic mass is 9.94. The third kappa shape index (κ3) is 3.56. The Morgan fingerprint density at radius 1 is 1.67 bits per heavy atom. The molecule has 100 valence electrons. The van der Waals surface area contributed by atoms with E-state index in [-0.39, 0.29) is 18.0 Å². The Morgan fingerprint density at radius 3 is 3.28 bits per heavy atom. The second-order valence-electron chi connectivity index (χ2n) is 5.18. The Bertz CT molecular complexity index is 400. The van der Waals surface area contributed by atoms with E-state index in [0.29, 0.717) is 6.42 Å². The molecule has 1 heterocycles. The summed E-state index contributed by atoms with van der Waals surface area (Å²) in [5, 5.41) is 5.29. The van der Waals surface area contributed by atoms with Crippen LogP contribution in [0.5, 0.6) is 0 Å². The highest BCUT2D eigenvalue weighted by atomic mass is 32.1. The number of rotatable bonds is 5. The van der Waals surface area contributed by atoms with E-state index in [1.807, 2.05) is 18.3 Å². The summed E-state index contributed by atoms with van der Waals surface area (Å²) in [6.07, 6.45) is 5.82. The smallest absolute Gasteiger partial charge is 0.220 e. The van der Waals surface area contributed by atoms with Crippen molar-refractivity contribution in [3.8, 4) is 0 Å². The standard InChI is InChI=1S/C14H22N2OS/c1-10(15)4-2-7-14(17)16-12-5-3-6-13-11(12)8-9-18-13/h8-10,12H,2-7,15H2,1H3,(H,16,17). The molecule has 0 saturated heterocycles. The van der Waals surface area contributed by atoms with Gasteiger partial charge < -0.3 is 11.1 Å². The summed E-state index contributed by atoms with van der Waals surface area (Å²) >= 11 is 1.81. The zero-order valence-electron chi connectivity index (χ0n) is 10.9. The van der Waals surface area contributed by atoms with Crippen LogP contribution >= 0.6 is 11.3 Å². The minimum absolute atomic E-state index is 0.166. The Labute approximate surface area is 113 Å². The van der Waals surface area contributed by atoms with Crippen molar-refractivity contribution in [2.45, 2.75) is 57.5 Å². The van der Waals surface area contributed by atoms with Crippen LogP contribution in [-0.4, -0.2) is 11.9 Å². The fourth-order valence-electron chi connectivity index (χ4n) is 2.49. The van der Waals surface area contributed by atoms with Crippen molar-refractivity contribution in [1.29, 1.82) is 0 Å². The highest BCUT2D eigenvalue weighted by Gasteiger charge is 2.22. The molecule has 1 amide bonds. The Kier molecular flexibility index (Phi) is 4.78. The molecule has 0 saturated carbocycles. The molecule has 1 aliphatic carbocycles. The molecule has 1 aromatic rings. The van der Waals surface area contributed by atoms with Crippen LogP contribution in [0.25, 0.3) is 0 Å². The second kappa shape index (κ2) is 6.34. The van der Waals surface area contributed by atoms with Crippen LogP contribution in [0.4, 0.5) is 0 Å². The van der Waals surface area contributed by atoms with E-state index in [1.165, 1.54) is 23.3 Å². The summed E-state index contributed by atoms with van der Waals surface area (Å²) in [4.78, 5) is 13.3. The van der Waals surface area contributed by atoms with E-state index < -0.39 is 0 Å². The number of nitrogens with one attached hydrogen (secondary N) is 1. The summed E-state index contributed by atoms with van der Waals surface area (Å²) in [5.41, 5.74) is 7.02. The molecule has 1 aliphatic rings. The molecule has 0 aliphatic heterocycles. The summed E-state index contributed by atoms with van der Waals surface area (Å²) < 4.78 is 0. The molecular formula is C14H22N2OS. The van der Waals surface area contributed by atoms with Gasteiger partial charge in [0, 0.05) is 17.3 Å². The third-order valence-corrected chi connectivity index (χ3v) is 4.45. The molecule has 1 aromatic heterocycles. The zero-order valence-corrected chi connectivity index (χ0v) is 11.8. The fraction of sp³-hybridized carbons (Fsp3) is 0.643. The fourth-order valence-corrected chi connectivity index (χ4v) is 3.47. The van der Waals surface area contributed by atoms with Gasteiger partial charge in [-0.05, 0) is 56.0 Å². The Balaban J connectivity index is 1.82. The molecule has 0 spiro atoms. The van der Waals surface area contributed by atoms with Gasteiger partial charge in [-0.15, -0.1) is 11.3 Å². The predicted molar refractivity (Wildman–Crippen MR) is 75.6 cm³/mol. The van der Waals surface area contributed by atoms with Gasteiger partial charge in [0.15, 0.2) is 0 Å². The highest BCUT2D eigenvalue weighted by molar-refractivity contribution is 7.10. The van der Waals surface area contributed by atoms with Crippen molar-refractivity contribution < 1.29 is 4.79 Å². The molecule has 0 bridgehead atoms. The van der Waals surface area contributed by atoms with Crippen molar-refractivity contribution in [2.75, 3.05) is 0 Å². The summed E-state index contributed by atoms with van der Waals surface area (Å²) in [6.45, 7) is 1.98. The van der Waals surface area contributed by atoms with Gasteiger partial charge in [0.1, 0.15) is 0 Å². The van der Waals surface area contributed by atoms with Crippen LogP contribution < -0.4 is 11.1 Å². The van der Waals surface area contributed by atoms with Gasteiger partial charge in [-0.25, -0.2) is 0 Å². The average Bonchev–Trinajstić information content (AvgIpc) is 2.77. The number of carbonyl (C=O) groups excluding carboxylic acids is 1. The van der Waals surface area contributed by atoms with Crippen molar-refractivity contribution in [1.82, 2.24) is 5.32 Å². The minimum atomic E-state index is 0.166. The maximum Gasteiger partial charge on any atom is 0.220 e. The monoisotopic (exact) mass is 266 g/mol. The number of amides is 1. The van der Waals surface area contributed by atoms with Crippen LogP contribution in [-0.2, 0) is 11.2 Å². The van der Waals surface area contributed by atoms with Crippen LogP contribution in [0, 0.1) is 0 Å². The lowest BCUT2D eigenvalue weighted by Gasteiger charge is -2.23. The maximum absolute atomic E-state index is 11.9. The number of hydrogen-bond donors (Lipinski definition) is 2. The van der Waals surface area contributed by atoms with Crippen LogP contribution in [0.2, 0.25) is 0 Å². The number of hydrogen-bond acceptors (Lipinski definition) is 3. The van der Waals surface area contributed by atoms with Gasteiger partial charge in [0.2, 0.25) is 5.91 Å². The first-order chi connectivity index (χ1) is 8.66. The molecule has 0 radical (unpaired) electrons. The number of thiophene rings is 1. The Hall–Kier alpha value is -0.870. The van der Waals surface area contributed by atoms with Gasteiger partial charge >= 0.3 is 0 Å². The highest BCUT2D eigenvalue weighted by Crippen LogP contribution is 2.33. The molecule has 2 rings (SSSR count). The van der Waals surface area contributed by atoms with E-state index in [4.69, 9.17) is 5.73 Å². The number of carbonyl (C=O) groups is 1. The van der Waals surface area contributed by atoms with Gasteiger partial charge in [-0.3, -0.25) is 4.79 Å². The average molecular weight is 266 g/mol. The first-order valence-corrected chi connectivity index (χ1v) is 7.66. The number of aryl methyl sites for hydroxylation is 1. The number of nitrogens with two attached hydrogens (primary N) is 1. The third-order valence-electron chi connectivity index (χ3n) is 3.45. The van der Waals surface area contributed by atoms with Crippen molar-refractivity contribution in [3.05, 3.63) is 21.9 Å². The minimum Gasteiger partial charge on any atom is -0.349 e. The van der Waals surface area contributed by atoms with Crippen LogP contribution in [0.15, 0.2) is 11.4 Å². The van der Waals surface area contributed by atoms with Gasteiger partial charge in [0.25, 0.3) is 0 Å². The predicted octanol–water partition coefficient (Wildman–Crippen LogP) is 2.76. The second-order valence-corrected chi connectivity index (χ2v) is 6.18. The molecular weight excluding hydrogens is 244 g/mol. The summed E-state index contributed by atoms with van der Waals surface area (Å²) in [6, 6.07) is 2.59. The quantitative estimate of drug-likeness (QED) is 0.861. The molecule has 18 heavy (non-hydrogen) atoms. The largest absolute Gasteiger partial charge is 0.349 e. The molecule has 3 N–H and O–H groups in total. The molecule has 0 aromatic carbocycles. The van der Waals surface area contributed by atoms with Crippen molar-refractivity contribution >= 4 is 17.2 Å². The van der Waals surface area contributed by atoms with E-state index in [1.54, 1.807) is 0 Å². The number of fused-ring (bicyclic) bond motifs is 1. The normalized spacial score (nSPS) is 20.2. The molecule has 4 heteroatoms. The first-order valence-electron chi connectivity index (χ1n) is 6.78. The van der Waals surface area contributed by atoms with Crippen LogP contribution in [0.1, 0.15) is 55.5 Å². The molecule has 2 atom stereocenters. The van der Waals surface area contributed by atoms with Gasteiger partial charge in [-0.2, -0.15) is 0 Å². The van der Waals surface area contributed by atoms with E-state index >= 15 is 0 Å². The topological polar surface area (TPSA) is 55.1 Å². The molecule has 0 fully saturated rings. The first kappa shape index (κ1) is 13.6. The maximum atomic E-state index is 11.9. The van der Waals surface area contributed by atoms with Gasteiger partial charge in [0.05, 0.1) is 6.04 Å². The van der Waals surface area contributed by atoms with Crippen molar-refractivity contribution in [3.63, 3.8) is 0 Å². The summed E-state index contributed by atoms with van der Waals surface area (Å²) in [5.74, 6) is 0.166. The van der Waals surface area contributed by atoms with E-state index in [9.17, 15) is 4.79 Å². The van der Waals surface area contributed by atoms with E-state index in [0.717, 1.165) is 19.3 Å². The van der Waals surface area contributed by atoms with Crippen molar-refractivity contribution in [2.24, 2.45) is 5.73 Å². The molecule has 2 unspecified atom stereocenters.